The quantitative estimate of drug-likeness (QED) is 0.915. The van der Waals surface area contributed by atoms with E-state index in [1.54, 1.807) is 11.3 Å². The van der Waals surface area contributed by atoms with Gasteiger partial charge in [-0.1, -0.05) is 6.92 Å². The Hall–Kier alpha value is -1.42. The first-order valence-corrected chi connectivity index (χ1v) is 8.27. The molecule has 2 aromatic heterocycles. The first-order valence-electron chi connectivity index (χ1n) is 7.39. The number of hydrogen-bond acceptors (Lipinski definition) is 4. The zero-order valence-electron chi connectivity index (χ0n) is 12.4. The zero-order valence-corrected chi connectivity index (χ0v) is 13.2. The molecule has 2 aromatic rings. The second kappa shape index (κ2) is 5.52. The molecule has 1 N–H and O–H groups in total. The van der Waals surface area contributed by atoms with Gasteiger partial charge in [0, 0.05) is 28.4 Å². The Morgan fingerprint density at radius 2 is 2.20 bits per heavy atom. The summed E-state index contributed by atoms with van der Waals surface area (Å²) in [4.78, 5) is 9.48. The lowest BCUT2D eigenvalue weighted by Crippen LogP contribution is -2.12. The molecule has 0 spiro atoms. The molecular weight excluding hydrogens is 266 g/mol. The summed E-state index contributed by atoms with van der Waals surface area (Å²) in [5.41, 5.74) is 6.06. The summed E-state index contributed by atoms with van der Waals surface area (Å²) in [6, 6.07) is 2.76. The third kappa shape index (κ3) is 2.57. The third-order valence-electron chi connectivity index (χ3n) is 4.00. The van der Waals surface area contributed by atoms with Crippen molar-refractivity contribution in [3.63, 3.8) is 0 Å². The van der Waals surface area contributed by atoms with Crippen molar-refractivity contribution in [1.29, 1.82) is 0 Å². The van der Waals surface area contributed by atoms with Crippen molar-refractivity contribution >= 4 is 16.5 Å². The summed E-state index contributed by atoms with van der Waals surface area (Å²) >= 11 is 1.68. The van der Waals surface area contributed by atoms with Crippen LogP contribution in [0.4, 0.5) is 5.13 Å². The Labute approximate surface area is 124 Å². The van der Waals surface area contributed by atoms with E-state index in [0.29, 0.717) is 6.04 Å². The highest BCUT2D eigenvalue weighted by atomic mass is 32.1. The van der Waals surface area contributed by atoms with E-state index in [-0.39, 0.29) is 0 Å². The minimum Gasteiger partial charge on any atom is -0.359 e. The van der Waals surface area contributed by atoms with Gasteiger partial charge >= 0.3 is 0 Å². The average Bonchev–Trinajstić information content (AvgIpc) is 3.06. The number of hydrogen-bond donors (Lipinski definition) is 1. The molecule has 1 aliphatic carbocycles. The fraction of sp³-hybridized carbons (Fsp3) is 0.500. The smallest absolute Gasteiger partial charge is 0.183 e. The second-order valence-electron chi connectivity index (χ2n) is 5.57. The molecular formula is C16H21N3S. The highest BCUT2D eigenvalue weighted by Gasteiger charge is 2.17. The van der Waals surface area contributed by atoms with Gasteiger partial charge in [0.25, 0.3) is 0 Å². The number of rotatable bonds is 4. The van der Waals surface area contributed by atoms with Gasteiger partial charge in [-0.3, -0.25) is 4.98 Å². The maximum absolute atomic E-state index is 4.76. The van der Waals surface area contributed by atoms with Gasteiger partial charge in [-0.25, -0.2) is 4.98 Å². The van der Waals surface area contributed by atoms with Gasteiger partial charge in [-0.2, -0.15) is 0 Å². The Balaban J connectivity index is 1.90. The van der Waals surface area contributed by atoms with E-state index in [9.17, 15) is 0 Å². The molecule has 4 heteroatoms. The molecule has 0 bridgehead atoms. The minimum atomic E-state index is 0.466. The molecule has 2 heterocycles. The first-order chi connectivity index (χ1) is 9.67. The van der Waals surface area contributed by atoms with Crippen LogP contribution in [0.3, 0.4) is 0 Å². The van der Waals surface area contributed by atoms with Crippen LogP contribution in [0.5, 0.6) is 0 Å². The number of aromatic nitrogens is 2. The topological polar surface area (TPSA) is 37.8 Å². The van der Waals surface area contributed by atoms with Crippen molar-refractivity contribution < 1.29 is 0 Å². The fourth-order valence-electron chi connectivity index (χ4n) is 2.61. The molecule has 0 aliphatic heterocycles. The summed E-state index contributed by atoms with van der Waals surface area (Å²) in [6.07, 6.45) is 4.64. The summed E-state index contributed by atoms with van der Waals surface area (Å²) in [5, 5.41) is 6.58. The van der Waals surface area contributed by atoms with Crippen LogP contribution >= 0.6 is 11.3 Å². The summed E-state index contributed by atoms with van der Waals surface area (Å²) in [5.74, 6) is 0. The van der Waals surface area contributed by atoms with E-state index in [4.69, 9.17) is 9.97 Å². The highest BCUT2D eigenvalue weighted by Crippen LogP contribution is 2.31. The molecule has 0 fully saturated rings. The first kappa shape index (κ1) is 13.6. The van der Waals surface area contributed by atoms with Crippen LogP contribution in [0.2, 0.25) is 0 Å². The van der Waals surface area contributed by atoms with Gasteiger partial charge in [0.05, 0.1) is 5.69 Å². The number of thiazole rings is 1. The summed E-state index contributed by atoms with van der Waals surface area (Å²) in [6.45, 7) is 6.46. The van der Waals surface area contributed by atoms with Crippen molar-refractivity contribution in [3.8, 4) is 11.3 Å². The van der Waals surface area contributed by atoms with Gasteiger partial charge in [0.1, 0.15) is 0 Å². The standard InChI is InChI=1S/C16H21N3S/c1-4-10(2)17-16-19-15(9-20-16)13-8-12-6-5-7-14(12)18-11(13)3/h8-10H,4-7H2,1-3H3,(H,17,19). The van der Waals surface area contributed by atoms with Crippen LogP contribution in [0.1, 0.15) is 43.6 Å². The van der Waals surface area contributed by atoms with E-state index in [1.807, 2.05) is 0 Å². The lowest BCUT2D eigenvalue weighted by atomic mass is 10.1. The van der Waals surface area contributed by atoms with Crippen molar-refractivity contribution in [2.24, 2.45) is 0 Å². The van der Waals surface area contributed by atoms with Crippen molar-refractivity contribution in [1.82, 2.24) is 9.97 Å². The molecule has 0 saturated heterocycles. The maximum atomic E-state index is 4.76. The van der Waals surface area contributed by atoms with Crippen LogP contribution in [0, 0.1) is 6.92 Å². The van der Waals surface area contributed by atoms with E-state index < -0.39 is 0 Å². The number of nitrogens with zero attached hydrogens (tertiary/aromatic N) is 2. The van der Waals surface area contributed by atoms with Crippen LogP contribution in [-0.4, -0.2) is 16.0 Å². The molecule has 3 nitrogen and oxygen atoms in total. The van der Waals surface area contributed by atoms with Gasteiger partial charge in [0.15, 0.2) is 5.13 Å². The number of anilines is 1. The average molecular weight is 287 g/mol. The summed E-state index contributed by atoms with van der Waals surface area (Å²) in [7, 11) is 0. The molecule has 3 rings (SSSR count). The largest absolute Gasteiger partial charge is 0.359 e. The molecule has 106 valence electrons. The molecule has 1 unspecified atom stereocenters. The molecule has 0 saturated carbocycles. The SMILES string of the molecule is CCC(C)Nc1nc(-c2cc3c(nc2C)CCC3)cs1. The maximum Gasteiger partial charge on any atom is 0.183 e. The lowest BCUT2D eigenvalue weighted by molar-refractivity contribution is 0.763. The Bertz CT molecular complexity index is 618. The summed E-state index contributed by atoms with van der Waals surface area (Å²) < 4.78 is 0. The Kier molecular flexibility index (Phi) is 3.74. The molecule has 0 aromatic carbocycles. The van der Waals surface area contributed by atoms with E-state index in [0.717, 1.165) is 35.8 Å². The van der Waals surface area contributed by atoms with Gasteiger partial charge in [-0.15, -0.1) is 11.3 Å². The Morgan fingerprint density at radius 3 is 3.00 bits per heavy atom. The van der Waals surface area contributed by atoms with Gasteiger partial charge in [0.2, 0.25) is 0 Å². The molecule has 1 atom stereocenters. The molecule has 20 heavy (non-hydrogen) atoms. The van der Waals surface area contributed by atoms with E-state index >= 15 is 0 Å². The Morgan fingerprint density at radius 1 is 1.35 bits per heavy atom. The van der Waals surface area contributed by atoms with Gasteiger partial charge in [-0.05, 0) is 51.2 Å². The van der Waals surface area contributed by atoms with Crippen LogP contribution in [0.15, 0.2) is 11.4 Å². The number of pyridine rings is 1. The monoisotopic (exact) mass is 287 g/mol. The van der Waals surface area contributed by atoms with Crippen LogP contribution < -0.4 is 5.32 Å². The van der Waals surface area contributed by atoms with Gasteiger partial charge < -0.3 is 5.32 Å². The van der Waals surface area contributed by atoms with Crippen molar-refractivity contribution in [2.45, 2.75) is 52.5 Å². The molecule has 1 aliphatic rings. The van der Waals surface area contributed by atoms with E-state index in [1.165, 1.54) is 23.2 Å². The minimum absolute atomic E-state index is 0.466. The van der Waals surface area contributed by atoms with Crippen molar-refractivity contribution in [3.05, 3.63) is 28.4 Å². The predicted molar refractivity (Wildman–Crippen MR) is 85.5 cm³/mol. The van der Waals surface area contributed by atoms with E-state index in [2.05, 4.69) is 37.5 Å². The predicted octanol–water partition coefficient (Wildman–Crippen LogP) is 4.21. The molecule has 0 radical (unpaired) electrons. The molecule has 0 amide bonds. The lowest BCUT2D eigenvalue weighted by Gasteiger charge is -2.09. The fourth-order valence-corrected chi connectivity index (χ4v) is 3.43. The normalized spacial score (nSPS) is 15.2. The van der Waals surface area contributed by atoms with Crippen molar-refractivity contribution in [2.75, 3.05) is 5.32 Å². The third-order valence-corrected chi connectivity index (χ3v) is 4.78. The second-order valence-corrected chi connectivity index (χ2v) is 6.43. The van der Waals surface area contributed by atoms with Crippen LogP contribution in [0.25, 0.3) is 11.3 Å². The van der Waals surface area contributed by atoms with Crippen LogP contribution in [-0.2, 0) is 12.8 Å². The zero-order chi connectivity index (χ0) is 14.1. The highest BCUT2D eigenvalue weighted by molar-refractivity contribution is 7.14. The number of aryl methyl sites for hydroxylation is 3. The number of fused-ring (bicyclic) bond motifs is 1. The number of nitrogens with one attached hydrogen (secondary N) is 1.